The summed E-state index contributed by atoms with van der Waals surface area (Å²) in [5.41, 5.74) is -0.239. The van der Waals surface area contributed by atoms with Crippen molar-refractivity contribution in [3.63, 3.8) is 0 Å². The summed E-state index contributed by atoms with van der Waals surface area (Å²) < 4.78 is 0. The summed E-state index contributed by atoms with van der Waals surface area (Å²) in [6.45, 7) is 4.65. The highest BCUT2D eigenvalue weighted by atomic mass is 16.6. The molecule has 0 aliphatic heterocycles. The standard InChI is InChI=1S/C14H22N4O4/c1-3-4-9-16(2)10-5-8-15-13-7-6-12(17(19)20)11-14(13)18(21)22/h6-7,11,15H,3-5,8-10H2,1-2H3. The van der Waals surface area contributed by atoms with Gasteiger partial charge in [0, 0.05) is 12.6 Å². The van der Waals surface area contributed by atoms with Gasteiger partial charge in [0.05, 0.1) is 15.9 Å². The molecule has 8 heteroatoms. The second kappa shape index (κ2) is 8.93. The van der Waals surface area contributed by atoms with E-state index in [1.807, 2.05) is 7.05 Å². The van der Waals surface area contributed by atoms with Gasteiger partial charge in [-0.05, 0) is 39.0 Å². The summed E-state index contributed by atoms with van der Waals surface area (Å²) in [6.07, 6.45) is 3.14. The monoisotopic (exact) mass is 310 g/mol. The first-order valence-corrected chi connectivity index (χ1v) is 7.31. The molecule has 0 heterocycles. The van der Waals surface area contributed by atoms with Crippen molar-refractivity contribution in [3.8, 4) is 0 Å². The molecule has 22 heavy (non-hydrogen) atoms. The van der Waals surface area contributed by atoms with E-state index < -0.39 is 9.85 Å². The van der Waals surface area contributed by atoms with E-state index in [1.165, 1.54) is 12.1 Å². The van der Waals surface area contributed by atoms with E-state index in [-0.39, 0.29) is 11.4 Å². The van der Waals surface area contributed by atoms with Gasteiger partial charge in [-0.25, -0.2) is 0 Å². The van der Waals surface area contributed by atoms with Crippen LogP contribution in [0.3, 0.4) is 0 Å². The Labute approximate surface area is 129 Å². The highest BCUT2D eigenvalue weighted by Gasteiger charge is 2.18. The van der Waals surface area contributed by atoms with E-state index in [9.17, 15) is 20.2 Å². The van der Waals surface area contributed by atoms with Crippen molar-refractivity contribution < 1.29 is 9.85 Å². The third kappa shape index (κ3) is 5.65. The number of anilines is 1. The number of non-ortho nitro benzene ring substituents is 1. The lowest BCUT2D eigenvalue weighted by molar-refractivity contribution is -0.393. The van der Waals surface area contributed by atoms with Crippen molar-refractivity contribution in [2.75, 3.05) is 32.0 Å². The molecule has 0 saturated heterocycles. The lowest BCUT2D eigenvalue weighted by Crippen LogP contribution is -2.22. The molecule has 0 bridgehead atoms. The Kier molecular flexibility index (Phi) is 7.24. The number of rotatable bonds is 10. The summed E-state index contributed by atoms with van der Waals surface area (Å²) in [5, 5.41) is 24.6. The fourth-order valence-corrected chi connectivity index (χ4v) is 2.05. The third-order valence-electron chi connectivity index (χ3n) is 3.31. The number of nitro benzene ring substituents is 2. The van der Waals surface area contributed by atoms with Crippen LogP contribution in [0.25, 0.3) is 0 Å². The van der Waals surface area contributed by atoms with Gasteiger partial charge in [-0.3, -0.25) is 20.2 Å². The molecule has 122 valence electrons. The van der Waals surface area contributed by atoms with E-state index in [0.29, 0.717) is 12.2 Å². The lowest BCUT2D eigenvalue weighted by atomic mass is 10.2. The number of hydrogen-bond donors (Lipinski definition) is 1. The van der Waals surface area contributed by atoms with Gasteiger partial charge in [0.1, 0.15) is 5.69 Å². The zero-order valence-electron chi connectivity index (χ0n) is 12.9. The molecule has 0 spiro atoms. The predicted molar refractivity (Wildman–Crippen MR) is 85.3 cm³/mol. The number of nitrogens with one attached hydrogen (secondary N) is 1. The molecule has 0 aliphatic carbocycles. The van der Waals surface area contributed by atoms with E-state index in [4.69, 9.17) is 0 Å². The average molecular weight is 310 g/mol. The normalized spacial score (nSPS) is 10.7. The zero-order chi connectivity index (χ0) is 16.5. The highest BCUT2D eigenvalue weighted by Crippen LogP contribution is 2.28. The molecule has 1 N–H and O–H groups in total. The van der Waals surface area contributed by atoms with E-state index >= 15 is 0 Å². The molecule has 0 saturated carbocycles. The second-order valence-electron chi connectivity index (χ2n) is 5.15. The number of nitro groups is 2. The minimum Gasteiger partial charge on any atom is -0.379 e. The molecule has 0 atom stereocenters. The van der Waals surface area contributed by atoms with Crippen molar-refractivity contribution in [1.29, 1.82) is 0 Å². The average Bonchev–Trinajstić information content (AvgIpc) is 2.49. The molecule has 0 unspecified atom stereocenters. The summed E-state index contributed by atoms with van der Waals surface area (Å²) in [7, 11) is 2.05. The van der Waals surface area contributed by atoms with Gasteiger partial charge < -0.3 is 10.2 Å². The Morgan fingerprint density at radius 1 is 1.14 bits per heavy atom. The molecule has 0 fully saturated rings. The fourth-order valence-electron chi connectivity index (χ4n) is 2.05. The predicted octanol–water partition coefficient (Wildman–Crippen LogP) is 3.04. The largest absolute Gasteiger partial charge is 0.379 e. The van der Waals surface area contributed by atoms with Crippen LogP contribution < -0.4 is 5.32 Å². The van der Waals surface area contributed by atoms with Crippen molar-refractivity contribution in [2.45, 2.75) is 26.2 Å². The summed E-state index contributed by atoms with van der Waals surface area (Å²) >= 11 is 0. The molecule has 0 aliphatic rings. The number of benzene rings is 1. The van der Waals surface area contributed by atoms with Gasteiger partial charge in [0.25, 0.3) is 11.4 Å². The van der Waals surface area contributed by atoms with Crippen LogP contribution in [0.2, 0.25) is 0 Å². The van der Waals surface area contributed by atoms with Gasteiger partial charge in [-0.1, -0.05) is 13.3 Å². The second-order valence-corrected chi connectivity index (χ2v) is 5.15. The smallest absolute Gasteiger partial charge is 0.299 e. The molecule has 1 rings (SSSR count). The Hall–Kier alpha value is -2.22. The Morgan fingerprint density at radius 2 is 1.82 bits per heavy atom. The van der Waals surface area contributed by atoms with E-state index in [1.54, 1.807) is 0 Å². The number of hydrogen-bond acceptors (Lipinski definition) is 6. The summed E-state index contributed by atoms with van der Waals surface area (Å²) in [6, 6.07) is 3.63. The highest BCUT2D eigenvalue weighted by molar-refractivity contribution is 5.65. The third-order valence-corrected chi connectivity index (χ3v) is 3.31. The first kappa shape index (κ1) is 17.8. The van der Waals surface area contributed by atoms with Crippen LogP contribution in [0.1, 0.15) is 26.2 Å². The van der Waals surface area contributed by atoms with Gasteiger partial charge in [0.15, 0.2) is 0 Å². The topological polar surface area (TPSA) is 102 Å². The minimum atomic E-state index is -0.639. The van der Waals surface area contributed by atoms with Crippen molar-refractivity contribution in [2.24, 2.45) is 0 Å². The molecule has 0 aromatic heterocycles. The molecule has 8 nitrogen and oxygen atoms in total. The molecule has 0 amide bonds. The van der Waals surface area contributed by atoms with Crippen molar-refractivity contribution >= 4 is 17.1 Å². The quantitative estimate of drug-likeness (QED) is 0.405. The van der Waals surface area contributed by atoms with E-state index in [0.717, 1.165) is 38.4 Å². The van der Waals surface area contributed by atoms with Crippen molar-refractivity contribution in [1.82, 2.24) is 4.90 Å². The first-order valence-electron chi connectivity index (χ1n) is 7.31. The van der Waals surface area contributed by atoms with Gasteiger partial charge in [-0.2, -0.15) is 0 Å². The maximum absolute atomic E-state index is 11.0. The molecular weight excluding hydrogens is 288 g/mol. The Balaban J connectivity index is 2.55. The SMILES string of the molecule is CCCCN(C)CCCNc1ccc([N+](=O)[O-])cc1[N+](=O)[O-]. The maximum atomic E-state index is 11.0. The molecule has 1 aromatic rings. The number of nitrogens with zero attached hydrogens (tertiary/aromatic N) is 3. The van der Waals surface area contributed by atoms with Gasteiger partial charge >= 0.3 is 0 Å². The lowest BCUT2D eigenvalue weighted by Gasteiger charge is -2.16. The first-order chi connectivity index (χ1) is 10.5. The molecule has 0 radical (unpaired) electrons. The van der Waals surface area contributed by atoms with E-state index in [2.05, 4.69) is 17.1 Å². The van der Waals surface area contributed by atoms with Crippen LogP contribution >= 0.6 is 0 Å². The van der Waals surface area contributed by atoms with Crippen LogP contribution in [0.15, 0.2) is 18.2 Å². The van der Waals surface area contributed by atoms with Crippen LogP contribution in [-0.4, -0.2) is 41.4 Å². The van der Waals surface area contributed by atoms with Crippen LogP contribution in [0.4, 0.5) is 17.1 Å². The minimum absolute atomic E-state index is 0.270. The van der Waals surface area contributed by atoms with Crippen LogP contribution in [-0.2, 0) is 0 Å². The number of unbranched alkanes of at least 4 members (excludes halogenated alkanes) is 1. The zero-order valence-corrected chi connectivity index (χ0v) is 12.9. The summed E-state index contributed by atoms with van der Waals surface area (Å²) in [4.78, 5) is 22.6. The van der Waals surface area contributed by atoms with Gasteiger partial charge in [-0.15, -0.1) is 0 Å². The summed E-state index contributed by atoms with van der Waals surface area (Å²) in [5.74, 6) is 0. The Morgan fingerprint density at radius 3 is 2.41 bits per heavy atom. The van der Waals surface area contributed by atoms with Crippen LogP contribution in [0, 0.1) is 20.2 Å². The fraction of sp³-hybridized carbons (Fsp3) is 0.571. The molecule has 1 aromatic carbocycles. The van der Waals surface area contributed by atoms with Crippen molar-refractivity contribution in [3.05, 3.63) is 38.4 Å². The Bertz CT molecular complexity index is 522. The van der Waals surface area contributed by atoms with Crippen LogP contribution in [0.5, 0.6) is 0 Å². The molecular formula is C14H22N4O4. The van der Waals surface area contributed by atoms with Gasteiger partial charge in [0.2, 0.25) is 0 Å². The maximum Gasteiger partial charge on any atom is 0.299 e.